The van der Waals surface area contributed by atoms with Crippen molar-refractivity contribution in [1.82, 2.24) is 14.4 Å². The van der Waals surface area contributed by atoms with Crippen molar-refractivity contribution in [2.45, 2.75) is 18.7 Å². The first-order chi connectivity index (χ1) is 10.6. The number of thioether (sulfide) groups is 1. The van der Waals surface area contributed by atoms with Crippen molar-refractivity contribution >= 4 is 33.3 Å². The highest BCUT2D eigenvalue weighted by atomic mass is 32.2. The number of hydrogen-bond acceptors (Lipinski definition) is 5. The van der Waals surface area contributed by atoms with Crippen LogP contribution in [0.3, 0.4) is 0 Å². The predicted molar refractivity (Wildman–Crippen MR) is 93.2 cm³/mol. The van der Waals surface area contributed by atoms with Gasteiger partial charge in [0.15, 0.2) is 0 Å². The largest absolute Gasteiger partial charge is 0.277 e. The smallest absolute Gasteiger partial charge is 0.245 e. The summed E-state index contributed by atoms with van der Waals surface area (Å²) in [6.45, 7) is 0.622. The molecule has 0 aliphatic heterocycles. The number of thiazole rings is 1. The lowest BCUT2D eigenvalue weighted by Crippen LogP contribution is -2.37. The minimum atomic E-state index is -3.48. The zero-order valence-corrected chi connectivity index (χ0v) is 14.7. The molecule has 1 heterocycles. The van der Waals surface area contributed by atoms with E-state index in [0.717, 1.165) is 22.0 Å². The summed E-state index contributed by atoms with van der Waals surface area (Å²) in [6.07, 6.45) is 2.63. The molecule has 0 aliphatic carbocycles. The molecule has 0 bridgehead atoms. The lowest BCUT2D eigenvalue weighted by Gasteiger charge is -2.07. The van der Waals surface area contributed by atoms with E-state index in [2.05, 4.69) is 14.4 Å². The van der Waals surface area contributed by atoms with E-state index >= 15 is 0 Å². The van der Waals surface area contributed by atoms with Gasteiger partial charge in [0, 0.05) is 30.6 Å². The quantitative estimate of drug-likeness (QED) is 0.721. The van der Waals surface area contributed by atoms with Crippen LogP contribution in [-0.4, -0.2) is 26.2 Å². The van der Waals surface area contributed by atoms with Gasteiger partial charge in [-0.15, -0.1) is 11.3 Å². The second-order valence-electron chi connectivity index (χ2n) is 4.62. The van der Waals surface area contributed by atoms with E-state index in [1.807, 2.05) is 42.0 Å². The summed E-state index contributed by atoms with van der Waals surface area (Å²) in [5, 5.41) is 3.06. The first kappa shape index (κ1) is 17.4. The average Bonchev–Trinajstić information content (AvgIpc) is 2.94. The van der Waals surface area contributed by atoms with Gasteiger partial charge in [-0.25, -0.2) is 9.71 Å². The Morgan fingerprint density at radius 2 is 2.00 bits per heavy atom. The maximum absolute atomic E-state index is 11.9. The maximum Gasteiger partial charge on any atom is 0.277 e. The van der Waals surface area contributed by atoms with E-state index < -0.39 is 10.2 Å². The fraction of sp³-hybridized carbons (Fsp3) is 0.357. The highest BCUT2D eigenvalue weighted by Gasteiger charge is 2.09. The van der Waals surface area contributed by atoms with Gasteiger partial charge >= 0.3 is 0 Å². The number of hydrogen-bond donors (Lipinski definition) is 2. The summed E-state index contributed by atoms with van der Waals surface area (Å²) in [4.78, 5) is 4.46. The third kappa shape index (κ3) is 6.05. The fourth-order valence-electron chi connectivity index (χ4n) is 1.79. The van der Waals surface area contributed by atoms with Crippen molar-refractivity contribution in [3.05, 3.63) is 52.0 Å². The third-order valence-electron chi connectivity index (χ3n) is 2.85. The first-order valence-corrected chi connectivity index (χ1v) is 10.5. The highest BCUT2D eigenvalue weighted by Crippen LogP contribution is 2.15. The zero-order chi connectivity index (χ0) is 15.8. The summed E-state index contributed by atoms with van der Waals surface area (Å²) < 4.78 is 28.8. The Kier molecular flexibility index (Phi) is 6.84. The molecule has 1 aromatic heterocycles. The van der Waals surface area contributed by atoms with Gasteiger partial charge in [0.25, 0.3) is 10.2 Å². The van der Waals surface area contributed by atoms with E-state index in [-0.39, 0.29) is 6.54 Å². The van der Waals surface area contributed by atoms with E-state index in [1.54, 1.807) is 23.1 Å². The molecule has 2 rings (SSSR count). The van der Waals surface area contributed by atoms with Crippen molar-refractivity contribution in [3.8, 4) is 0 Å². The molecular formula is C14H19N3O2S3. The minimum Gasteiger partial charge on any atom is -0.245 e. The molecule has 0 saturated heterocycles. The van der Waals surface area contributed by atoms with Crippen LogP contribution in [0.5, 0.6) is 0 Å². The van der Waals surface area contributed by atoms with Gasteiger partial charge in [-0.1, -0.05) is 30.3 Å². The van der Waals surface area contributed by atoms with Crippen LogP contribution >= 0.6 is 23.1 Å². The standard InChI is InChI=1S/C14H19N3O2S3/c1-20-11-14-17-13(10-21-14)7-8-15-22(18,19)16-9-12-5-3-2-4-6-12/h2-6,10,15-16H,7-9,11H2,1H3. The van der Waals surface area contributed by atoms with E-state index in [4.69, 9.17) is 0 Å². The van der Waals surface area contributed by atoms with Crippen LogP contribution in [0.15, 0.2) is 35.7 Å². The van der Waals surface area contributed by atoms with Crippen LogP contribution in [0, 0.1) is 0 Å². The van der Waals surface area contributed by atoms with Gasteiger partial charge in [0.2, 0.25) is 0 Å². The molecule has 22 heavy (non-hydrogen) atoms. The summed E-state index contributed by atoms with van der Waals surface area (Å²) in [7, 11) is -3.48. The average molecular weight is 358 g/mol. The molecule has 0 amide bonds. The summed E-state index contributed by atoms with van der Waals surface area (Å²) in [6, 6.07) is 9.42. The second-order valence-corrected chi connectivity index (χ2v) is 8.01. The molecule has 0 spiro atoms. The maximum atomic E-state index is 11.9. The van der Waals surface area contributed by atoms with Gasteiger partial charge in [0.1, 0.15) is 5.01 Å². The van der Waals surface area contributed by atoms with Gasteiger partial charge in [-0.05, 0) is 11.8 Å². The van der Waals surface area contributed by atoms with Crippen molar-refractivity contribution in [2.24, 2.45) is 0 Å². The molecule has 0 unspecified atom stereocenters. The zero-order valence-electron chi connectivity index (χ0n) is 12.3. The Bertz CT molecular complexity index is 672. The molecule has 0 aliphatic rings. The fourth-order valence-corrected chi connectivity index (χ4v) is 4.17. The van der Waals surface area contributed by atoms with Crippen LogP contribution in [0.25, 0.3) is 0 Å². The molecule has 1 aromatic carbocycles. The van der Waals surface area contributed by atoms with Gasteiger partial charge in [-0.3, -0.25) is 0 Å². The molecule has 8 heteroatoms. The highest BCUT2D eigenvalue weighted by molar-refractivity contribution is 7.97. The van der Waals surface area contributed by atoms with Crippen LogP contribution < -0.4 is 9.44 Å². The molecule has 5 nitrogen and oxygen atoms in total. The number of nitrogens with zero attached hydrogens (tertiary/aromatic N) is 1. The molecule has 2 aromatic rings. The number of nitrogens with one attached hydrogen (secondary N) is 2. The van der Waals surface area contributed by atoms with Crippen LogP contribution in [0.2, 0.25) is 0 Å². The van der Waals surface area contributed by atoms with E-state index in [9.17, 15) is 8.42 Å². The Hall–Kier alpha value is -0.930. The second kappa shape index (κ2) is 8.64. The number of rotatable bonds is 9. The third-order valence-corrected chi connectivity index (χ3v) is 5.60. The topological polar surface area (TPSA) is 71.1 Å². The van der Waals surface area contributed by atoms with Crippen molar-refractivity contribution in [1.29, 1.82) is 0 Å². The van der Waals surface area contributed by atoms with Crippen LogP contribution in [0.4, 0.5) is 0 Å². The summed E-state index contributed by atoms with van der Waals surface area (Å²) >= 11 is 3.34. The molecule has 120 valence electrons. The Morgan fingerprint density at radius 1 is 1.23 bits per heavy atom. The molecule has 0 saturated carbocycles. The predicted octanol–water partition coefficient (Wildman–Crippen LogP) is 2.17. The Balaban J connectivity index is 1.74. The summed E-state index contributed by atoms with van der Waals surface area (Å²) in [5.41, 5.74) is 1.86. The molecule has 0 radical (unpaired) electrons. The number of benzene rings is 1. The SMILES string of the molecule is CSCc1nc(CCNS(=O)(=O)NCc2ccccc2)cs1. The lowest BCUT2D eigenvalue weighted by molar-refractivity contribution is 0.566. The van der Waals surface area contributed by atoms with Gasteiger partial charge in [-0.2, -0.15) is 24.9 Å². The van der Waals surface area contributed by atoms with Gasteiger partial charge < -0.3 is 0 Å². The summed E-state index contributed by atoms with van der Waals surface area (Å²) in [5.74, 6) is 0.898. The minimum absolute atomic E-state index is 0.282. The Labute approximate surface area is 139 Å². The molecular weight excluding hydrogens is 338 g/mol. The van der Waals surface area contributed by atoms with Gasteiger partial charge in [0.05, 0.1) is 5.69 Å². The van der Waals surface area contributed by atoms with Crippen molar-refractivity contribution < 1.29 is 8.42 Å². The lowest BCUT2D eigenvalue weighted by atomic mass is 10.2. The first-order valence-electron chi connectivity index (χ1n) is 6.79. The van der Waals surface area contributed by atoms with Crippen molar-refractivity contribution in [3.63, 3.8) is 0 Å². The van der Waals surface area contributed by atoms with Crippen molar-refractivity contribution in [2.75, 3.05) is 12.8 Å². The van der Waals surface area contributed by atoms with Crippen LogP contribution in [-0.2, 0) is 28.9 Å². The normalized spacial score (nSPS) is 11.7. The number of aromatic nitrogens is 1. The van der Waals surface area contributed by atoms with E-state index in [1.165, 1.54) is 0 Å². The Morgan fingerprint density at radius 3 is 2.73 bits per heavy atom. The molecule has 0 atom stereocenters. The van der Waals surface area contributed by atoms with E-state index in [0.29, 0.717) is 13.0 Å². The van der Waals surface area contributed by atoms with Crippen LogP contribution in [0.1, 0.15) is 16.3 Å². The monoisotopic (exact) mass is 357 g/mol. The molecule has 0 fully saturated rings. The molecule has 2 N–H and O–H groups in total.